The highest BCUT2D eigenvalue weighted by molar-refractivity contribution is 5.86. The number of rotatable bonds is 2. The topological polar surface area (TPSA) is 74.8 Å². The maximum Gasteiger partial charge on any atom is 0.0367 e. The molecule has 0 aliphatic heterocycles. The molecule has 0 atom stereocenters. The van der Waals surface area contributed by atoms with E-state index in [0.29, 0.717) is 13.0 Å². The summed E-state index contributed by atoms with van der Waals surface area (Å²) < 4.78 is 0. The Morgan fingerprint density at radius 1 is 1.17 bits per heavy atom. The van der Waals surface area contributed by atoms with Gasteiger partial charge in [0.25, 0.3) is 0 Å². The first-order valence-corrected chi connectivity index (χ1v) is 5.58. The van der Waals surface area contributed by atoms with Crippen molar-refractivity contribution in [1.82, 2.24) is 0 Å². The molecule has 4 nitrogen and oxygen atoms in total. The standard InChI is InChI=1S/C14H12N4/c15-14-7-6-12-9-11(4-5-13(12)10-14)3-1-2-8-17-18-16/h4-7,9-10H,2,8,15H2. The largest absolute Gasteiger partial charge is 0.399 e. The van der Waals surface area contributed by atoms with E-state index in [-0.39, 0.29) is 0 Å². The number of nitrogen functional groups attached to an aromatic ring is 1. The van der Waals surface area contributed by atoms with Gasteiger partial charge in [0, 0.05) is 29.1 Å². The Labute approximate surface area is 105 Å². The molecule has 0 spiro atoms. The molecule has 0 aliphatic rings. The molecule has 0 heterocycles. The smallest absolute Gasteiger partial charge is 0.0367 e. The van der Waals surface area contributed by atoms with Crippen LogP contribution in [0.2, 0.25) is 0 Å². The first-order valence-electron chi connectivity index (χ1n) is 5.58. The Morgan fingerprint density at radius 3 is 2.78 bits per heavy atom. The summed E-state index contributed by atoms with van der Waals surface area (Å²) in [7, 11) is 0. The highest BCUT2D eigenvalue weighted by atomic mass is 15.1. The van der Waals surface area contributed by atoms with Crippen molar-refractivity contribution >= 4 is 16.5 Å². The first-order chi connectivity index (χ1) is 8.79. The van der Waals surface area contributed by atoms with Crippen molar-refractivity contribution in [3.8, 4) is 11.8 Å². The van der Waals surface area contributed by atoms with Crippen LogP contribution < -0.4 is 5.73 Å². The third kappa shape index (κ3) is 2.94. The molecule has 0 bridgehead atoms. The van der Waals surface area contributed by atoms with Gasteiger partial charge in [-0.15, -0.1) is 0 Å². The number of hydrogen-bond acceptors (Lipinski definition) is 2. The predicted molar refractivity (Wildman–Crippen MR) is 73.9 cm³/mol. The van der Waals surface area contributed by atoms with Gasteiger partial charge < -0.3 is 5.73 Å². The molecule has 2 aromatic rings. The SMILES string of the molecule is [N-]=[N+]=NCCC#Cc1ccc2cc(N)ccc2c1. The van der Waals surface area contributed by atoms with Crippen molar-refractivity contribution in [3.63, 3.8) is 0 Å². The molecule has 0 fully saturated rings. The van der Waals surface area contributed by atoms with Crippen LogP contribution >= 0.6 is 0 Å². The Hall–Kier alpha value is -2.63. The van der Waals surface area contributed by atoms with E-state index < -0.39 is 0 Å². The number of fused-ring (bicyclic) bond motifs is 1. The van der Waals surface area contributed by atoms with Crippen molar-refractivity contribution < 1.29 is 0 Å². The monoisotopic (exact) mass is 236 g/mol. The molecule has 0 saturated carbocycles. The van der Waals surface area contributed by atoms with Crippen LogP contribution in [0.1, 0.15) is 12.0 Å². The van der Waals surface area contributed by atoms with Crippen LogP contribution in [-0.2, 0) is 0 Å². The van der Waals surface area contributed by atoms with E-state index in [1.807, 2.05) is 36.4 Å². The van der Waals surface area contributed by atoms with E-state index >= 15 is 0 Å². The Morgan fingerprint density at radius 2 is 1.94 bits per heavy atom. The number of anilines is 1. The van der Waals surface area contributed by atoms with E-state index in [2.05, 4.69) is 21.9 Å². The van der Waals surface area contributed by atoms with Crippen molar-refractivity contribution in [2.24, 2.45) is 5.11 Å². The van der Waals surface area contributed by atoms with Gasteiger partial charge in [0.15, 0.2) is 0 Å². The highest BCUT2D eigenvalue weighted by Crippen LogP contribution is 2.18. The van der Waals surface area contributed by atoms with Crippen LogP contribution in [0.25, 0.3) is 21.2 Å². The lowest BCUT2D eigenvalue weighted by molar-refractivity contribution is 1.01. The number of nitrogens with two attached hydrogens (primary N) is 1. The minimum Gasteiger partial charge on any atom is -0.399 e. The van der Waals surface area contributed by atoms with Gasteiger partial charge in [-0.2, -0.15) is 0 Å². The van der Waals surface area contributed by atoms with Gasteiger partial charge in [0.05, 0.1) is 0 Å². The molecule has 2 N–H and O–H groups in total. The fourth-order valence-corrected chi connectivity index (χ4v) is 1.66. The van der Waals surface area contributed by atoms with Crippen LogP contribution in [0.4, 0.5) is 5.69 Å². The minimum atomic E-state index is 0.410. The summed E-state index contributed by atoms with van der Waals surface area (Å²) in [4.78, 5) is 2.67. The van der Waals surface area contributed by atoms with Gasteiger partial charge in [0.2, 0.25) is 0 Å². The molecule has 0 saturated heterocycles. The summed E-state index contributed by atoms with van der Waals surface area (Å²) in [5.41, 5.74) is 15.6. The first kappa shape index (κ1) is 11.8. The fourth-order valence-electron chi connectivity index (χ4n) is 1.66. The van der Waals surface area contributed by atoms with E-state index in [9.17, 15) is 0 Å². The third-order valence-corrected chi connectivity index (χ3v) is 2.50. The van der Waals surface area contributed by atoms with Crippen LogP contribution in [0, 0.1) is 11.8 Å². The number of nitrogens with zero attached hydrogens (tertiary/aromatic N) is 3. The van der Waals surface area contributed by atoms with Gasteiger partial charge in [0.1, 0.15) is 0 Å². The number of azide groups is 1. The Bertz CT molecular complexity index is 673. The lowest BCUT2D eigenvalue weighted by Crippen LogP contribution is -1.84. The van der Waals surface area contributed by atoms with Crippen molar-refractivity contribution in [2.45, 2.75) is 6.42 Å². The average molecular weight is 236 g/mol. The lowest BCUT2D eigenvalue weighted by atomic mass is 10.1. The maximum absolute atomic E-state index is 8.12. The second-order valence-electron chi connectivity index (χ2n) is 3.83. The van der Waals surface area contributed by atoms with Gasteiger partial charge in [-0.25, -0.2) is 0 Å². The van der Waals surface area contributed by atoms with Crippen LogP contribution in [0.15, 0.2) is 41.5 Å². The number of hydrogen-bond donors (Lipinski definition) is 1. The lowest BCUT2D eigenvalue weighted by Gasteiger charge is -1.99. The molecule has 0 radical (unpaired) electrons. The third-order valence-electron chi connectivity index (χ3n) is 2.50. The highest BCUT2D eigenvalue weighted by Gasteiger charge is 1.94. The second-order valence-corrected chi connectivity index (χ2v) is 3.83. The number of benzene rings is 2. The van der Waals surface area contributed by atoms with Crippen LogP contribution in [-0.4, -0.2) is 6.54 Å². The predicted octanol–water partition coefficient (Wildman–Crippen LogP) is 3.47. The summed E-state index contributed by atoms with van der Waals surface area (Å²) in [6.45, 7) is 0.410. The van der Waals surface area contributed by atoms with Crippen molar-refractivity contribution in [2.75, 3.05) is 12.3 Å². The zero-order valence-electron chi connectivity index (χ0n) is 9.80. The van der Waals surface area contributed by atoms with Gasteiger partial charge >= 0.3 is 0 Å². The Balaban J connectivity index is 2.19. The van der Waals surface area contributed by atoms with E-state index in [0.717, 1.165) is 22.0 Å². The summed E-state index contributed by atoms with van der Waals surface area (Å²) in [5.74, 6) is 6.02. The summed E-state index contributed by atoms with van der Waals surface area (Å²) >= 11 is 0. The zero-order chi connectivity index (χ0) is 12.8. The van der Waals surface area contributed by atoms with Crippen LogP contribution in [0.5, 0.6) is 0 Å². The van der Waals surface area contributed by atoms with Gasteiger partial charge in [-0.3, -0.25) is 0 Å². The molecule has 18 heavy (non-hydrogen) atoms. The normalized spacial score (nSPS) is 9.33. The summed E-state index contributed by atoms with van der Waals surface area (Å²) in [6.07, 6.45) is 0.573. The van der Waals surface area contributed by atoms with Crippen molar-refractivity contribution in [1.29, 1.82) is 0 Å². The Kier molecular flexibility index (Phi) is 3.70. The molecular weight excluding hydrogens is 224 g/mol. The average Bonchev–Trinajstić information content (AvgIpc) is 2.38. The molecule has 88 valence electrons. The maximum atomic E-state index is 8.12. The zero-order valence-corrected chi connectivity index (χ0v) is 9.80. The molecule has 0 aromatic heterocycles. The second kappa shape index (κ2) is 5.62. The molecule has 4 heteroatoms. The fraction of sp³-hybridized carbons (Fsp3) is 0.143. The molecule has 2 aromatic carbocycles. The van der Waals surface area contributed by atoms with Crippen molar-refractivity contribution in [3.05, 3.63) is 52.4 Å². The van der Waals surface area contributed by atoms with E-state index in [1.165, 1.54) is 0 Å². The molecule has 0 unspecified atom stereocenters. The van der Waals surface area contributed by atoms with Gasteiger partial charge in [-0.05, 0) is 40.6 Å². The van der Waals surface area contributed by atoms with E-state index in [1.54, 1.807) is 0 Å². The molecule has 0 aliphatic carbocycles. The summed E-state index contributed by atoms with van der Waals surface area (Å²) in [5, 5.41) is 5.65. The van der Waals surface area contributed by atoms with Gasteiger partial charge in [-0.1, -0.05) is 29.1 Å². The molecule has 0 amide bonds. The minimum absolute atomic E-state index is 0.410. The quantitative estimate of drug-likeness (QED) is 0.213. The van der Waals surface area contributed by atoms with Crippen LogP contribution in [0.3, 0.4) is 0 Å². The summed E-state index contributed by atoms with van der Waals surface area (Å²) in [6, 6.07) is 11.8. The molecule has 2 rings (SSSR count). The van der Waals surface area contributed by atoms with E-state index in [4.69, 9.17) is 11.3 Å². The molecular formula is C14H12N4.